The molecule has 2 aromatic rings. The number of benzene rings is 2. The van der Waals surface area contributed by atoms with Crippen LogP contribution in [0.5, 0.6) is 28.7 Å². The number of fused-ring (bicyclic) bond motifs is 7. The molecule has 0 spiro atoms. The number of aryl methyl sites for hydroxylation is 1. The first-order chi connectivity index (χ1) is 18.4. The quantitative estimate of drug-likeness (QED) is 0.441. The van der Waals surface area contributed by atoms with Crippen molar-refractivity contribution in [2.45, 2.75) is 50.5 Å². The molecule has 11 heteroatoms. The molecule has 0 saturated carbocycles. The number of methoxy groups -OCH3 is 2. The summed E-state index contributed by atoms with van der Waals surface area (Å²) in [6.07, 6.45) is 0.501. The molecule has 5 atom stereocenters. The summed E-state index contributed by atoms with van der Waals surface area (Å²) in [6, 6.07) is 3.43. The summed E-state index contributed by atoms with van der Waals surface area (Å²) in [7, 11) is 3.04. The summed E-state index contributed by atoms with van der Waals surface area (Å²) >= 11 is 0. The fourth-order valence-electron chi connectivity index (χ4n) is 6.36. The number of nitrogens with zero attached hydrogens (tertiary/aromatic N) is 2. The minimum atomic E-state index is -0.956. The van der Waals surface area contributed by atoms with Gasteiger partial charge in [-0.3, -0.25) is 4.90 Å². The van der Waals surface area contributed by atoms with Crippen LogP contribution < -0.4 is 24.3 Å². The molecule has 0 amide bonds. The number of morpholine rings is 1. The van der Waals surface area contributed by atoms with Crippen LogP contribution in [0.1, 0.15) is 39.9 Å². The van der Waals surface area contributed by atoms with Crippen molar-refractivity contribution < 1.29 is 38.3 Å². The third-order valence-corrected chi connectivity index (χ3v) is 7.93. The lowest BCUT2D eigenvalue weighted by Crippen LogP contribution is -2.69. The zero-order valence-corrected chi connectivity index (χ0v) is 21.6. The van der Waals surface area contributed by atoms with E-state index in [1.807, 2.05) is 24.8 Å². The van der Waals surface area contributed by atoms with E-state index in [-0.39, 0.29) is 32.0 Å². The second-order valence-corrected chi connectivity index (χ2v) is 9.93. The maximum atomic E-state index is 13.5. The van der Waals surface area contributed by atoms with Crippen molar-refractivity contribution in [1.82, 2.24) is 10.2 Å². The van der Waals surface area contributed by atoms with Gasteiger partial charge in [0.05, 0.1) is 25.3 Å². The minimum Gasteiger partial charge on any atom is -0.504 e. The molecular weight excluding hydrogens is 494 g/mol. The molecule has 11 nitrogen and oxygen atoms in total. The maximum absolute atomic E-state index is 13.5. The van der Waals surface area contributed by atoms with Gasteiger partial charge in [-0.25, -0.2) is 4.79 Å². The van der Waals surface area contributed by atoms with E-state index in [4.69, 9.17) is 28.4 Å². The number of esters is 1. The minimum absolute atomic E-state index is 0.00300. The molecule has 2 saturated heterocycles. The van der Waals surface area contributed by atoms with Gasteiger partial charge in [0.1, 0.15) is 24.4 Å². The zero-order valence-electron chi connectivity index (χ0n) is 21.6. The lowest BCUT2D eigenvalue weighted by molar-refractivity contribution is -0.171. The molecule has 0 radical (unpaired) electrons. The van der Waals surface area contributed by atoms with Crippen LogP contribution in [0.4, 0.5) is 0 Å². The summed E-state index contributed by atoms with van der Waals surface area (Å²) < 4.78 is 33.7. The van der Waals surface area contributed by atoms with E-state index >= 15 is 0 Å². The van der Waals surface area contributed by atoms with Crippen molar-refractivity contribution in [3.05, 3.63) is 39.9 Å². The summed E-state index contributed by atoms with van der Waals surface area (Å²) in [5.74, 6) is 1.36. The molecule has 2 fully saturated rings. The van der Waals surface area contributed by atoms with Gasteiger partial charge in [-0.15, -0.1) is 0 Å². The molecule has 3 unspecified atom stereocenters. The zero-order chi connectivity index (χ0) is 26.7. The SMILES string of the molecule is COCOc1cc([C@@H]2C(=O)OCC3C4NC(Cc5cc(C)c(OC)c(O)c54)[C@H](C#N)N32)c2c(c1C)OCO2. The van der Waals surface area contributed by atoms with Crippen molar-refractivity contribution >= 4 is 5.97 Å². The highest BCUT2D eigenvalue weighted by atomic mass is 16.7. The van der Waals surface area contributed by atoms with E-state index < -0.39 is 30.1 Å². The van der Waals surface area contributed by atoms with E-state index in [1.54, 1.807) is 6.07 Å². The Bertz CT molecular complexity index is 1360. The second-order valence-electron chi connectivity index (χ2n) is 9.93. The number of ether oxygens (including phenoxy) is 6. The number of carbonyl (C=O) groups is 1. The van der Waals surface area contributed by atoms with Crippen LogP contribution in [-0.2, 0) is 20.7 Å². The number of rotatable bonds is 5. The number of carbonyl (C=O) groups excluding carboxylic acids is 1. The average molecular weight is 524 g/mol. The van der Waals surface area contributed by atoms with Gasteiger partial charge < -0.3 is 38.8 Å². The van der Waals surface area contributed by atoms with E-state index in [1.165, 1.54) is 14.2 Å². The first-order valence-corrected chi connectivity index (χ1v) is 12.4. The van der Waals surface area contributed by atoms with Crippen molar-refractivity contribution in [3.8, 4) is 34.8 Å². The van der Waals surface area contributed by atoms with Crippen LogP contribution in [0.3, 0.4) is 0 Å². The molecular formula is C27H29N3O8. The molecule has 4 aliphatic heterocycles. The Morgan fingerprint density at radius 3 is 2.74 bits per heavy atom. The second kappa shape index (κ2) is 9.23. The predicted octanol–water partition coefficient (Wildman–Crippen LogP) is 2.16. The number of hydrogen-bond donors (Lipinski definition) is 2. The number of hydrogen-bond acceptors (Lipinski definition) is 11. The highest BCUT2D eigenvalue weighted by Gasteiger charge is 2.55. The smallest absolute Gasteiger partial charge is 0.328 e. The van der Waals surface area contributed by atoms with Crippen LogP contribution in [0, 0.1) is 25.2 Å². The summed E-state index contributed by atoms with van der Waals surface area (Å²) in [6.45, 7) is 3.77. The number of nitriles is 1. The number of nitrogens with one attached hydrogen (secondary N) is 1. The topological polar surface area (TPSA) is 132 Å². The normalized spacial score (nSPS) is 27.1. The lowest BCUT2D eigenvalue weighted by atomic mass is 9.77. The van der Waals surface area contributed by atoms with Crippen LogP contribution in [-0.4, -0.2) is 68.5 Å². The average Bonchev–Trinajstić information content (AvgIpc) is 3.39. The highest BCUT2D eigenvalue weighted by Crippen LogP contribution is 2.52. The first-order valence-electron chi connectivity index (χ1n) is 12.4. The lowest BCUT2D eigenvalue weighted by Gasteiger charge is -2.55. The van der Waals surface area contributed by atoms with Gasteiger partial charge in [-0.05, 0) is 37.5 Å². The number of phenolic OH excluding ortho intramolecular Hbond substituents is 1. The Balaban J connectivity index is 1.50. The van der Waals surface area contributed by atoms with E-state index in [9.17, 15) is 15.2 Å². The molecule has 2 N–H and O–H groups in total. The molecule has 0 aliphatic carbocycles. The van der Waals surface area contributed by atoms with Crippen LogP contribution in [0.2, 0.25) is 0 Å². The Morgan fingerprint density at radius 1 is 1.21 bits per heavy atom. The fourth-order valence-corrected chi connectivity index (χ4v) is 6.36. The predicted molar refractivity (Wildman–Crippen MR) is 131 cm³/mol. The molecule has 38 heavy (non-hydrogen) atoms. The highest BCUT2D eigenvalue weighted by molar-refractivity contribution is 5.81. The Labute approximate surface area is 219 Å². The monoisotopic (exact) mass is 523 g/mol. The first kappa shape index (κ1) is 24.6. The fraction of sp³-hybridized carbons (Fsp3) is 0.481. The summed E-state index contributed by atoms with van der Waals surface area (Å²) in [4.78, 5) is 15.4. The van der Waals surface area contributed by atoms with E-state index in [0.717, 1.165) is 11.1 Å². The van der Waals surface area contributed by atoms with Gasteiger partial charge in [0.25, 0.3) is 0 Å². The summed E-state index contributed by atoms with van der Waals surface area (Å²) in [5.41, 5.74) is 3.68. The van der Waals surface area contributed by atoms with Gasteiger partial charge in [0.15, 0.2) is 29.8 Å². The summed E-state index contributed by atoms with van der Waals surface area (Å²) in [5, 5.41) is 25.2. The molecule has 2 bridgehead atoms. The maximum Gasteiger partial charge on any atom is 0.328 e. The standard InChI is InChI=1S/C27H29N3O8/c1-12-5-14-6-16-17(8-28)30-18(21(29-16)20(14)23(31)24(12)34-4)9-35-27(32)22(30)15-7-19(36-10-33-3)13(2)25-26(15)38-11-37-25/h5,7,16-18,21-22,29,31H,6,9-11H2,1-4H3/t16?,17-,18?,21?,22+/m0/s1. The van der Waals surface area contributed by atoms with Gasteiger partial charge in [0.2, 0.25) is 6.79 Å². The van der Waals surface area contributed by atoms with Crippen molar-refractivity contribution in [2.24, 2.45) is 0 Å². The van der Waals surface area contributed by atoms with Crippen molar-refractivity contribution in [2.75, 3.05) is 34.4 Å². The van der Waals surface area contributed by atoms with Crippen LogP contribution in [0.25, 0.3) is 0 Å². The Kier molecular flexibility index (Phi) is 5.98. The molecule has 200 valence electrons. The number of aromatic hydroxyl groups is 1. The van der Waals surface area contributed by atoms with Crippen LogP contribution >= 0.6 is 0 Å². The van der Waals surface area contributed by atoms with Crippen LogP contribution in [0.15, 0.2) is 12.1 Å². The van der Waals surface area contributed by atoms with Gasteiger partial charge in [-0.1, -0.05) is 6.07 Å². The van der Waals surface area contributed by atoms with Crippen molar-refractivity contribution in [3.63, 3.8) is 0 Å². The molecule has 0 aromatic heterocycles. The van der Waals surface area contributed by atoms with Gasteiger partial charge in [-0.2, -0.15) is 5.26 Å². The number of piperazine rings is 1. The van der Waals surface area contributed by atoms with E-state index in [2.05, 4.69) is 11.4 Å². The third kappa shape index (κ3) is 3.48. The van der Waals surface area contributed by atoms with E-state index in [0.29, 0.717) is 46.1 Å². The molecule has 2 aromatic carbocycles. The Morgan fingerprint density at radius 2 is 2.00 bits per heavy atom. The van der Waals surface area contributed by atoms with Crippen molar-refractivity contribution in [1.29, 1.82) is 5.26 Å². The van der Waals surface area contributed by atoms with Gasteiger partial charge in [0, 0.05) is 29.8 Å². The molecule has 4 heterocycles. The number of cyclic esters (lactones) is 1. The largest absolute Gasteiger partial charge is 0.504 e. The third-order valence-electron chi connectivity index (χ3n) is 7.93. The number of phenols is 1. The van der Waals surface area contributed by atoms with Gasteiger partial charge >= 0.3 is 5.97 Å². The molecule has 4 aliphatic rings. The molecule has 6 rings (SSSR count). The Hall–Kier alpha value is -3.72.